The van der Waals surface area contributed by atoms with Crippen molar-refractivity contribution >= 4 is 5.91 Å². The SMILES string of the molecule is CCCCCCCCCCCCC(C(N)=O)C(C)N(C)C. The molecule has 2 atom stereocenters. The maximum atomic E-state index is 11.5. The second-order valence-electron chi connectivity index (χ2n) is 6.68. The van der Waals surface area contributed by atoms with E-state index in [1.807, 2.05) is 14.1 Å². The third-order valence-electron chi connectivity index (χ3n) is 4.63. The Morgan fingerprint density at radius 3 is 1.71 bits per heavy atom. The van der Waals surface area contributed by atoms with Crippen LogP contribution in [-0.2, 0) is 4.79 Å². The lowest BCUT2D eigenvalue weighted by atomic mass is 9.92. The zero-order valence-electron chi connectivity index (χ0n) is 14.9. The first kappa shape index (κ1) is 20.4. The van der Waals surface area contributed by atoms with Gasteiger partial charge in [-0.15, -0.1) is 0 Å². The van der Waals surface area contributed by atoms with Crippen LogP contribution < -0.4 is 5.73 Å². The monoisotopic (exact) mass is 298 g/mol. The van der Waals surface area contributed by atoms with Gasteiger partial charge in [0.15, 0.2) is 0 Å². The minimum atomic E-state index is -0.146. The Bertz CT molecular complexity index is 254. The van der Waals surface area contributed by atoms with E-state index >= 15 is 0 Å². The molecule has 126 valence electrons. The van der Waals surface area contributed by atoms with Gasteiger partial charge >= 0.3 is 0 Å². The second-order valence-corrected chi connectivity index (χ2v) is 6.68. The van der Waals surface area contributed by atoms with Gasteiger partial charge in [-0.05, 0) is 27.4 Å². The highest BCUT2D eigenvalue weighted by molar-refractivity contribution is 5.77. The fourth-order valence-electron chi connectivity index (χ4n) is 2.83. The van der Waals surface area contributed by atoms with E-state index in [1.165, 1.54) is 57.8 Å². The van der Waals surface area contributed by atoms with Gasteiger partial charge in [-0.3, -0.25) is 4.79 Å². The van der Waals surface area contributed by atoms with Gasteiger partial charge in [0.2, 0.25) is 5.91 Å². The van der Waals surface area contributed by atoms with Gasteiger partial charge in [0.05, 0.1) is 5.92 Å². The number of primary amides is 1. The van der Waals surface area contributed by atoms with Crippen molar-refractivity contribution in [3.05, 3.63) is 0 Å². The van der Waals surface area contributed by atoms with E-state index in [0.29, 0.717) is 0 Å². The molecule has 0 aliphatic carbocycles. The maximum absolute atomic E-state index is 11.5. The quantitative estimate of drug-likeness (QED) is 0.485. The topological polar surface area (TPSA) is 46.3 Å². The molecule has 0 bridgehead atoms. The number of carbonyl (C=O) groups is 1. The Hall–Kier alpha value is -0.570. The van der Waals surface area contributed by atoms with Crippen molar-refractivity contribution in [3.8, 4) is 0 Å². The lowest BCUT2D eigenvalue weighted by Gasteiger charge is -2.27. The third kappa shape index (κ3) is 10.8. The van der Waals surface area contributed by atoms with E-state index in [4.69, 9.17) is 5.73 Å². The van der Waals surface area contributed by atoms with Crippen LogP contribution in [0.15, 0.2) is 0 Å². The molecular formula is C18H38N2O. The molecule has 0 aromatic heterocycles. The summed E-state index contributed by atoms with van der Waals surface area (Å²) in [6, 6.07) is 0.237. The normalized spacial score (nSPS) is 14.3. The van der Waals surface area contributed by atoms with Crippen molar-refractivity contribution in [1.82, 2.24) is 4.90 Å². The van der Waals surface area contributed by atoms with Crippen LogP contribution in [0, 0.1) is 5.92 Å². The Morgan fingerprint density at radius 2 is 1.33 bits per heavy atom. The Morgan fingerprint density at radius 1 is 0.905 bits per heavy atom. The molecule has 3 heteroatoms. The summed E-state index contributed by atoms with van der Waals surface area (Å²) in [7, 11) is 4.03. The highest BCUT2D eigenvalue weighted by Crippen LogP contribution is 2.18. The van der Waals surface area contributed by atoms with Crippen LogP contribution in [0.1, 0.15) is 84.5 Å². The van der Waals surface area contributed by atoms with Crippen molar-refractivity contribution < 1.29 is 4.79 Å². The van der Waals surface area contributed by atoms with Crippen LogP contribution in [0.5, 0.6) is 0 Å². The largest absolute Gasteiger partial charge is 0.369 e. The molecule has 0 saturated heterocycles. The van der Waals surface area contributed by atoms with E-state index in [2.05, 4.69) is 18.7 Å². The van der Waals surface area contributed by atoms with Crippen LogP contribution in [-0.4, -0.2) is 30.9 Å². The van der Waals surface area contributed by atoms with Gasteiger partial charge in [0, 0.05) is 6.04 Å². The molecule has 0 rings (SSSR count). The molecule has 21 heavy (non-hydrogen) atoms. The summed E-state index contributed by atoms with van der Waals surface area (Å²) in [5, 5.41) is 0. The van der Waals surface area contributed by atoms with Gasteiger partial charge in [-0.2, -0.15) is 0 Å². The molecular weight excluding hydrogens is 260 g/mol. The third-order valence-corrected chi connectivity index (χ3v) is 4.63. The first-order valence-electron chi connectivity index (χ1n) is 8.96. The van der Waals surface area contributed by atoms with E-state index in [-0.39, 0.29) is 17.9 Å². The fourth-order valence-corrected chi connectivity index (χ4v) is 2.83. The Labute approximate surface area is 132 Å². The van der Waals surface area contributed by atoms with Crippen LogP contribution in [0.3, 0.4) is 0 Å². The molecule has 0 aliphatic rings. The minimum absolute atomic E-state index is 0.00551. The highest BCUT2D eigenvalue weighted by Gasteiger charge is 2.23. The molecule has 2 N–H and O–H groups in total. The number of hydrogen-bond donors (Lipinski definition) is 1. The molecule has 0 radical (unpaired) electrons. The number of nitrogens with zero attached hydrogens (tertiary/aromatic N) is 1. The summed E-state index contributed by atoms with van der Waals surface area (Å²) < 4.78 is 0. The van der Waals surface area contributed by atoms with E-state index in [0.717, 1.165) is 12.8 Å². The molecule has 0 aromatic carbocycles. The van der Waals surface area contributed by atoms with Crippen molar-refractivity contribution in [2.45, 2.75) is 90.5 Å². The molecule has 0 saturated carbocycles. The maximum Gasteiger partial charge on any atom is 0.222 e. The highest BCUT2D eigenvalue weighted by atomic mass is 16.1. The van der Waals surface area contributed by atoms with E-state index < -0.39 is 0 Å². The summed E-state index contributed by atoms with van der Waals surface area (Å²) in [5.74, 6) is -0.152. The van der Waals surface area contributed by atoms with Gasteiger partial charge in [-0.25, -0.2) is 0 Å². The summed E-state index contributed by atoms with van der Waals surface area (Å²) in [4.78, 5) is 13.6. The van der Waals surface area contributed by atoms with Crippen molar-refractivity contribution in [3.63, 3.8) is 0 Å². The molecule has 2 unspecified atom stereocenters. The summed E-state index contributed by atoms with van der Waals surface area (Å²) in [6.45, 7) is 4.35. The average Bonchev–Trinajstić information content (AvgIpc) is 2.43. The number of hydrogen-bond acceptors (Lipinski definition) is 2. The number of nitrogens with two attached hydrogens (primary N) is 1. The van der Waals surface area contributed by atoms with Gasteiger partial charge in [0.25, 0.3) is 0 Å². The lowest BCUT2D eigenvalue weighted by Crippen LogP contribution is -2.40. The Kier molecular flexibility index (Phi) is 12.8. The first-order chi connectivity index (χ1) is 10.0. The fraction of sp³-hybridized carbons (Fsp3) is 0.944. The number of rotatable bonds is 14. The lowest BCUT2D eigenvalue weighted by molar-refractivity contribution is -0.123. The number of unbranched alkanes of at least 4 members (excludes halogenated alkanes) is 9. The summed E-state index contributed by atoms with van der Waals surface area (Å²) >= 11 is 0. The molecule has 0 heterocycles. The zero-order valence-corrected chi connectivity index (χ0v) is 14.9. The van der Waals surface area contributed by atoms with Crippen molar-refractivity contribution in [1.29, 1.82) is 0 Å². The standard InChI is InChI=1S/C18H38N2O/c1-5-6-7-8-9-10-11-12-13-14-15-17(18(19)21)16(2)20(3)4/h16-17H,5-15H2,1-4H3,(H2,19,21). The van der Waals surface area contributed by atoms with Crippen molar-refractivity contribution in [2.75, 3.05) is 14.1 Å². The van der Waals surface area contributed by atoms with Crippen molar-refractivity contribution in [2.24, 2.45) is 11.7 Å². The van der Waals surface area contributed by atoms with E-state index in [9.17, 15) is 4.79 Å². The van der Waals surface area contributed by atoms with Gasteiger partial charge in [-0.1, -0.05) is 71.1 Å². The molecule has 0 aliphatic heterocycles. The molecule has 1 amide bonds. The van der Waals surface area contributed by atoms with Gasteiger partial charge < -0.3 is 10.6 Å². The van der Waals surface area contributed by atoms with E-state index in [1.54, 1.807) is 0 Å². The second kappa shape index (κ2) is 13.1. The molecule has 0 aromatic rings. The number of amides is 1. The predicted molar refractivity (Wildman–Crippen MR) is 92.3 cm³/mol. The smallest absolute Gasteiger partial charge is 0.222 e. The molecule has 3 nitrogen and oxygen atoms in total. The summed E-state index contributed by atoms with van der Waals surface area (Å²) in [6.07, 6.45) is 14.2. The molecule has 0 spiro atoms. The Balaban J connectivity index is 3.57. The first-order valence-corrected chi connectivity index (χ1v) is 8.96. The molecule has 0 fully saturated rings. The minimum Gasteiger partial charge on any atom is -0.369 e. The van der Waals surface area contributed by atoms with Crippen LogP contribution in [0.4, 0.5) is 0 Å². The van der Waals surface area contributed by atoms with Gasteiger partial charge in [0.1, 0.15) is 0 Å². The average molecular weight is 299 g/mol. The number of carbonyl (C=O) groups excluding carboxylic acids is 1. The van der Waals surface area contributed by atoms with Crippen LogP contribution in [0.25, 0.3) is 0 Å². The zero-order chi connectivity index (χ0) is 16.1. The predicted octanol–water partition coefficient (Wildman–Crippen LogP) is 4.35. The summed E-state index contributed by atoms with van der Waals surface area (Å²) in [5.41, 5.74) is 5.53. The van der Waals surface area contributed by atoms with Crippen LogP contribution in [0.2, 0.25) is 0 Å². The van der Waals surface area contributed by atoms with Crippen LogP contribution >= 0.6 is 0 Å².